The van der Waals surface area contributed by atoms with Gasteiger partial charge in [-0.05, 0) is 17.7 Å². The molecule has 2 N–H and O–H groups in total. The molecule has 1 fully saturated rings. The molecule has 0 atom stereocenters. The van der Waals surface area contributed by atoms with Crippen LogP contribution in [-0.4, -0.2) is 25.0 Å². The molecule has 0 radical (unpaired) electrons. The predicted molar refractivity (Wildman–Crippen MR) is 68.2 cm³/mol. The smallest absolute Gasteiger partial charge is 0.128 e. The number of nitrogens with two attached hydrogens (primary N) is 1. The minimum Gasteiger partial charge on any atom is -0.379 e. The van der Waals surface area contributed by atoms with Crippen LogP contribution in [0.2, 0.25) is 0 Å². The second-order valence-electron chi connectivity index (χ2n) is 3.78. The van der Waals surface area contributed by atoms with Crippen molar-refractivity contribution in [3.8, 4) is 11.8 Å². The van der Waals surface area contributed by atoms with Crippen LogP contribution in [0.15, 0.2) is 18.2 Å². The zero-order valence-electron chi connectivity index (χ0n) is 9.41. The molecule has 1 aliphatic heterocycles. The average Bonchev–Trinajstić information content (AvgIpc) is 2.27. The van der Waals surface area contributed by atoms with Crippen LogP contribution < -0.4 is 5.73 Å². The van der Waals surface area contributed by atoms with Crippen molar-refractivity contribution in [3.05, 3.63) is 35.1 Å². The Morgan fingerprint density at radius 2 is 2.29 bits per heavy atom. The highest BCUT2D eigenvalue weighted by Crippen LogP contribution is 2.24. The van der Waals surface area contributed by atoms with Crippen LogP contribution in [0.25, 0.3) is 0 Å². The van der Waals surface area contributed by atoms with E-state index in [1.807, 2.05) is 6.07 Å². The summed E-state index contributed by atoms with van der Waals surface area (Å²) in [6, 6.07) is 5.09. The van der Waals surface area contributed by atoms with Gasteiger partial charge in [0.1, 0.15) is 5.82 Å². The molecule has 0 saturated carbocycles. The largest absolute Gasteiger partial charge is 0.379 e. The van der Waals surface area contributed by atoms with E-state index in [9.17, 15) is 4.39 Å². The van der Waals surface area contributed by atoms with E-state index in [2.05, 4.69) is 11.8 Å². The summed E-state index contributed by atoms with van der Waals surface area (Å²) in [7, 11) is 0. The molecule has 1 heterocycles. The summed E-state index contributed by atoms with van der Waals surface area (Å²) in [4.78, 5) is 0. The van der Waals surface area contributed by atoms with Crippen molar-refractivity contribution >= 4 is 11.8 Å². The van der Waals surface area contributed by atoms with E-state index < -0.39 is 0 Å². The molecule has 1 aliphatic rings. The molecule has 90 valence electrons. The van der Waals surface area contributed by atoms with E-state index in [1.165, 1.54) is 6.07 Å². The van der Waals surface area contributed by atoms with E-state index in [0.717, 1.165) is 18.8 Å². The predicted octanol–water partition coefficient (Wildman–Crippen LogP) is 1.77. The molecule has 0 aromatic heterocycles. The Kier molecular flexibility index (Phi) is 4.43. The SMILES string of the molecule is NCC#Cc1ccc(CSC2COC2)c(F)c1. The van der Waals surface area contributed by atoms with Crippen molar-refractivity contribution < 1.29 is 9.13 Å². The van der Waals surface area contributed by atoms with Gasteiger partial charge in [-0.3, -0.25) is 0 Å². The van der Waals surface area contributed by atoms with Crippen molar-refractivity contribution in [2.45, 2.75) is 11.0 Å². The zero-order chi connectivity index (χ0) is 12.1. The molecular formula is C13H14FNOS. The lowest BCUT2D eigenvalue weighted by Crippen LogP contribution is -2.30. The first-order valence-corrected chi connectivity index (χ1v) is 6.51. The van der Waals surface area contributed by atoms with Crippen molar-refractivity contribution in [2.75, 3.05) is 19.8 Å². The van der Waals surface area contributed by atoms with Crippen LogP contribution in [0.4, 0.5) is 4.39 Å². The van der Waals surface area contributed by atoms with Crippen molar-refractivity contribution in [1.29, 1.82) is 0 Å². The molecule has 4 heteroatoms. The molecule has 0 aliphatic carbocycles. The Balaban J connectivity index is 1.97. The van der Waals surface area contributed by atoms with Crippen LogP contribution in [0.1, 0.15) is 11.1 Å². The molecular weight excluding hydrogens is 237 g/mol. The number of halogens is 1. The summed E-state index contributed by atoms with van der Waals surface area (Å²) in [5, 5.41) is 0.520. The average molecular weight is 251 g/mol. The molecule has 0 amide bonds. The van der Waals surface area contributed by atoms with Gasteiger partial charge in [0.05, 0.1) is 25.0 Å². The van der Waals surface area contributed by atoms with E-state index in [1.54, 1.807) is 17.8 Å². The van der Waals surface area contributed by atoms with Gasteiger partial charge in [0.25, 0.3) is 0 Å². The van der Waals surface area contributed by atoms with Gasteiger partial charge < -0.3 is 10.5 Å². The lowest BCUT2D eigenvalue weighted by Gasteiger charge is -2.25. The van der Waals surface area contributed by atoms with Crippen molar-refractivity contribution in [2.24, 2.45) is 5.73 Å². The number of hydrogen-bond acceptors (Lipinski definition) is 3. The Labute approximate surface area is 105 Å². The van der Waals surface area contributed by atoms with Crippen LogP contribution in [0.5, 0.6) is 0 Å². The third-order valence-electron chi connectivity index (χ3n) is 2.47. The van der Waals surface area contributed by atoms with Gasteiger partial charge in [0.2, 0.25) is 0 Å². The van der Waals surface area contributed by atoms with Crippen LogP contribution in [-0.2, 0) is 10.5 Å². The van der Waals surface area contributed by atoms with Crippen LogP contribution in [0.3, 0.4) is 0 Å². The highest BCUT2D eigenvalue weighted by molar-refractivity contribution is 7.99. The number of rotatable bonds is 3. The lowest BCUT2D eigenvalue weighted by molar-refractivity contribution is 0.0455. The molecule has 1 aromatic rings. The zero-order valence-corrected chi connectivity index (χ0v) is 10.2. The van der Waals surface area contributed by atoms with Crippen molar-refractivity contribution in [3.63, 3.8) is 0 Å². The number of ether oxygens (including phenoxy) is 1. The molecule has 1 saturated heterocycles. The molecule has 0 spiro atoms. The van der Waals surface area contributed by atoms with Crippen molar-refractivity contribution in [1.82, 2.24) is 0 Å². The van der Waals surface area contributed by atoms with Crippen LogP contribution >= 0.6 is 11.8 Å². The summed E-state index contributed by atoms with van der Waals surface area (Å²) in [5.74, 6) is 6.02. The number of benzene rings is 1. The van der Waals surface area contributed by atoms with E-state index in [0.29, 0.717) is 23.1 Å². The summed E-state index contributed by atoms with van der Waals surface area (Å²) in [6.45, 7) is 1.86. The summed E-state index contributed by atoms with van der Waals surface area (Å²) < 4.78 is 18.8. The maximum Gasteiger partial charge on any atom is 0.128 e. The van der Waals surface area contributed by atoms with E-state index in [4.69, 9.17) is 10.5 Å². The first kappa shape index (κ1) is 12.4. The maximum atomic E-state index is 13.7. The second-order valence-corrected chi connectivity index (χ2v) is 5.07. The Morgan fingerprint density at radius 1 is 1.47 bits per heavy atom. The van der Waals surface area contributed by atoms with E-state index >= 15 is 0 Å². The fraction of sp³-hybridized carbons (Fsp3) is 0.385. The van der Waals surface area contributed by atoms with Gasteiger partial charge in [0.15, 0.2) is 0 Å². The third kappa shape index (κ3) is 3.47. The topological polar surface area (TPSA) is 35.2 Å². The highest BCUT2D eigenvalue weighted by Gasteiger charge is 2.19. The Bertz CT molecular complexity index is 448. The standard InChI is InChI=1S/C13H14FNOS/c14-13-6-10(2-1-5-15)3-4-11(13)9-17-12-7-16-8-12/h3-4,6,12H,5,7-9,15H2. The minimum absolute atomic E-state index is 0.193. The number of hydrogen-bond donors (Lipinski definition) is 1. The third-order valence-corrected chi connectivity index (χ3v) is 3.69. The normalized spacial score (nSPS) is 14.9. The van der Waals surface area contributed by atoms with Gasteiger partial charge in [-0.15, -0.1) is 11.8 Å². The first-order valence-electron chi connectivity index (χ1n) is 5.46. The fourth-order valence-electron chi connectivity index (χ4n) is 1.41. The van der Waals surface area contributed by atoms with Gasteiger partial charge in [-0.2, -0.15) is 0 Å². The lowest BCUT2D eigenvalue weighted by atomic mass is 10.1. The van der Waals surface area contributed by atoms with Gasteiger partial charge in [-0.25, -0.2) is 4.39 Å². The maximum absolute atomic E-state index is 13.7. The monoisotopic (exact) mass is 251 g/mol. The summed E-state index contributed by atoms with van der Waals surface area (Å²) in [6.07, 6.45) is 0. The second kappa shape index (κ2) is 6.06. The summed E-state index contributed by atoms with van der Waals surface area (Å²) in [5.41, 5.74) is 6.66. The minimum atomic E-state index is -0.193. The number of thioether (sulfide) groups is 1. The van der Waals surface area contributed by atoms with E-state index in [-0.39, 0.29) is 5.82 Å². The molecule has 2 rings (SSSR count). The van der Waals surface area contributed by atoms with Crippen LogP contribution in [0, 0.1) is 17.7 Å². The Hall–Kier alpha value is -1.02. The quantitative estimate of drug-likeness (QED) is 0.832. The highest BCUT2D eigenvalue weighted by atomic mass is 32.2. The van der Waals surface area contributed by atoms with Gasteiger partial charge in [-0.1, -0.05) is 17.9 Å². The Morgan fingerprint density at radius 3 is 2.88 bits per heavy atom. The molecule has 17 heavy (non-hydrogen) atoms. The summed E-state index contributed by atoms with van der Waals surface area (Å²) >= 11 is 1.73. The molecule has 1 aromatic carbocycles. The van der Waals surface area contributed by atoms with Gasteiger partial charge >= 0.3 is 0 Å². The fourth-order valence-corrected chi connectivity index (χ4v) is 2.45. The van der Waals surface area contributed by atoms with Gasteiger partial charge in [0, 0.05) is 11.3 Å². The molecule has 0 unspecified atom stereocenters. The first-order chi connectivity index (χ1) is 8.29. The molecule has 2 nitrogen and oxygen atoms in total. The molecule has 0 bridgehead atoms.